The van der Waals surface area contributed by atoms with Crippen molar-refractivity contribution in [3.05, 3.63) is 24.0 Å². The lowest BCUT2D eigenvalue weighted by atomic mass is 9.95. The van der Waals surface area contributed by atoms with E-state index in [1.165, 1.54) is 4.90 Å². The highest BCUT2D eigenvalue weighted by molar-refractivity contribution is 5.66. The number of carbonyl (C=O) groups is 1. The highest BCUT2D eigenvalue weighted by atomic mass is 19.4. The molecule has 2 fully saturated rings. The molecule has 8 heteroatoms. The molecule has 0 spiro atoms. The molecule has 114 valence electrons. The lowest BCUT2D eigenvalue weighted by Crippen LogP contribution is -2.53. The fourth-order valence-corrected chi connectivity index (χ4v) is 2.54. The van der Waals surface area contributed by atoms with Gasteiger partial charge < -0.3 is 14.9 Å². The number of likely N-dealkylation sites (tertiary alicyclic amines) is 1. The van der Waals surface area contributed by atoms with Crippen LogP contribution in [-0.4, -0.2) is 53.4 Å². The number of hydrogen-bond donors (Lipinski definition) is 1. The number of aromatic nitrogens is 1. The van der Waals surface area contributed by atoms with Crippen LogP contribution in [0.15, 0.2) is 18.3 Å². The smallest absolute Gasteiger partial charge is 0.407 e. The highest BCUT2D eigenvalue weighted by Crippen LogP contribution is 2.36. The number of pyridine rings is 1. The number of anilines is 1. The predicted octanol–water partition coefficient (Wildman–Crippen LogP) is 2.16. The summed E-state index contributed by atoms with van der Waals surface area (Å²) in [6, 6.07) is 3.51. The van der Waals surface area contributed by atoms with Crippen LogP contribution in [0.1, 0.15) is 11.6 Å². The first-order valence-corrected chi connectivity index (χ1v) is 6.60. The Morgan fingerprint density at radius 2 is 1.90 bits per heavy atom. The largest absolute Gasteiger partial charge is 0.465 e. The predicted molar refractivity (Wildman–Crippen MR) is 68.3 cm³/mol. The van der Waals surface area contributed by atoms with Crippen LogP contribution in [0.25, 0.3) is 0 Å². The van der Waals surface area contributed by atoms with Crippen molar-refractivity contribution in [2.45, 2.75) is 12.1 Å². The Labute approximate surface area is 119 Å². The Bertz CT molecular complexity index is 535. The lowest BCUT2D eigenvalue weighted by Gasteiger charge is -2.41. The first-order chi connectivity index (χ1) is 9.84. The minimum Gasteiger partial charge on any atom is -0.465 e. The van der Waals surface area contributed by atoms with Gasteiger partial charge in [0.05, 0.1) is 17.8 Å². The first-order valence-electron chi connectivity index (χ1n) is 6.60. The van der Waals surface area contributed by atoms with Crippen molar-refractivity contribution in [2.75, 3.05) is 31.1 Å². The molecule has 21 heavy (non-hydrogen) atoms. The number of hydrogen-bond acceptors (Lipinski definition) is 3. The van der Waals surface area contributed by atoms with Gasteiger partial charge in [-0.25, -0.2) is 4.79 Å². The van der Waals surface area contributed by atoms with Crippen LogP contribution in [0.2, 0.25) is 0 Å². The van der Waals surface area contributed by atoms with E-state index in [1.807, 2.05) is 0 Å². The van der Waals surface area contributed by atoms with Gasteiger partial charge in [-0.3, -0.25) is 4.98 Å². The quantitative estimate of drug-likeness (QED) is 0.909. The normalized spacial score (nSPS) is 20.1. The van der Waals surface area contributed by atoms with E-state index in [2.05, 4.69) is 4.98 Å². The number of nitrogens with zero attached hydrogens (tertiary/aromatic N) is 3. The summed E-state index contributed by atoms with van der Waals surface area (Å²) in [5.41, 5.74) is 1.46. The number of alkyl halides is 3. The zero-order valence-electron chi connectivity index (χ0n) is 11.0. The Balaban J connectivity index is 1.56. The van der Waals surface area contributed by atoms with Gasteiger partial charge in [0, 0.05) is 37.8 Å². The van der Waals surface area contributed by atoms with E-state index in [0.717, 1.165) is 5.69 Å². The highest BCUT2D eigenvalue weighted by Gasteiger charge is 2.47. The van der Waals surface area contributed by atoms with Gasteiger partial charge in [0.2, 0.25) is 0 Å². The molecule has 0 unspecified atom stereocenters. The summed E-state index contributed by atoms with van der Waals surface area (Å²) in [5.74, 6) is -1.18. The topological polar surface area (TPSA) is 56.7 Å². The van der Waals surface area contributed by atoms with Crippen LogP contribution >= 0.6 is 0 Å². The van der Waals surface area contributed by atoms with Gasteiger partial charge in [0.15, 0.2) is 0 Å². The zero-order chi connectivity index (χ0) is 15.2. The fourth-order valence-electron chi connectivity index (χ4n) is 2.54. The van der Waals surface area contributed by atoms with E-state index < -0.39 is 18.2 Å². The Kier molecular flexibility index (Phi) is 3.18. The summed E-state index contributed by atoms with van der Waals surface area (Å²) in [6.07, 6.45) is -3.51. The van der Waals surface area contributed by atoms with Crippen molar-refractivity contribution < 1.29 is 23.1 Å². The van der Waals surface area contributed by atoms with E-state index >= 15 is 0 Å². The van der Waals surface area contributed by atoms with Gasteiger partial charge in [0.25, 0.3) is 0 Å². The average Bonchev–Trinajstić information content (AvgIpc) is 2.24. The average molecular weight is 301 g/mol. The minimum absolute atomic E-state index is 0.0270. The minimum atomic E-state index is -4.13. The monoisotopic (exact) mass is 301 g/mol. The van der Waals surface area contributed by atoms with Crippen molar-refractivity contribution in [1.82, 2.24) is 9.88 Å². The second-order valence-corrected chi connectivity index (χ2v) is 5.47. The molecule has 1 aromatic rings. The van der Waals surface area contributed by atoms with E-state index in [9.17, 15) is 18.0 Å². The van der Waals surface area contributed by atoms with E-state index in [-0.39, 0.29) is 19.0 Å². The van der Waals surface area contributed by atoms with Gasteiger partial charge >= 0.3 is 12.3 Å². The summed E-state index contributed by atoms with van der Waals surface area (Å²) < 4.78 is 37.3. The SMILES string of the molecule is O=C(O)N1CC(c2ccc(N3CC(C(F)(F)F)C3)cn2)C1. The first kappa shape index (κ1) is 14.0. The fraction of sp³-hybridized carbons (Fsp3) is 0.538. The molecular formula is C13H14F3N3O2. The Morgan fingerprint density at radius 3 is 2.38 bits per heavy atom. The molecule has 2 saturated heterocycles. The van der Waals surface area contributed by atoms with Crippen LogP contribution in [0.5, 0.6) is 0 Å². The van der Waals surface area contributed by atoms with Gasteiger partial charge in [-0.2, -0.15) is 13.2 Å². The van der Waals surface area contributed by atoms with Crippen molar-refractivity contribution in [3.63, 3.8) is 0 Å². The molecule has 3 rings (SSSR count). The lowest BCUT2D eigenvalue weighted by molar-refractivity contribution is -0.180. The molecule has 5 nitrogen and oxygen atoms in total. The summed E-state index contributed by atoms with van der Waals surface area (Å²) in [7, 11) is 0. The molecule has 0 aromatic carbocycles. The number of carboxylic acid groups (broad SMARTS) is 1. The van der Waals surface area contributed by atoms with Gasteiger partial charge in [-0.15, -0.1) is 0 Å². The molecule has 1 aromatic heterocycles. The second-order valence-electron chi connectivity index (χ2n) is 5.47. The molecule has 0 bridgehead atoms. The number of amides is 1. The van der Waals surface area contributed by atoms with Gasteiger partial charge in [-0.05, 0) is 12.1 Å². The molecule has 0 aliphatic carbocycles. The van der Waals surface area contributed by atoms with Crippen molar-refractivity contribution in [2.24, 2.45) is 5.92 Å². The molecule has 2 aliphatic heterocycles. The molecule has 0 atom stereocenters. The second kappa shape index (κ2) is 4.78. The van der Waals surface area contributed by atoms with Crippen LogP contribution in [0.3, 0.4) is 0 Å². The third kappa shape index (κ3) is 2.62. The summed E-state index contributed by atoms with van der Waals surface area (Å²) in [6.45, 7) is 0.782. The number of halogens is 3. The molecule has 0 radical (unpaired) electrons. The summed E-state index contributed by atoms with van der Waals surface area (Å²) in [4.78, 5) is 17.8. The molecule has 1 N–H and O–H groups in total. The van der Waals surface area contributed by atoms with Crippen LogP contribution in [0, 0.1) is 5.92 Å². The molecule has 1 amide bonds. The number of rotatable bonds is 2. The van der Waals surface area contributed by atoms with Crippen LogP contribution in [-0.2, 0) is 0 Å². The maximum atomic E-state index is 12.4. The summed E-state index contributed by atoms with van der Waals surface area (Å²) in [5, 5.41) is 8.75. The van der Waals surface area contributed by atoms with E-state index in [0.29, 0.717) is 18.8 Å². The Hall–Kier alpha value is -1.99. The van der Waals surface area contributed by atoms with Crippen LogP contribution < -0.4 is 4.90 Å². The molecule has 0 saturated carbocycles. The molecule has 3 heterocycles. The van der Waals surface area contributed by atoms with Crippen molar-refractivity contribution in [3.8, 4) is 0 Å². The van der Waals surface area contributed by atoms with E-state index in [1.54, 1.807) is 23.2 Å². The van der Waals surface area contributed by atoms with Crippen molar-refractivity contribution in [1.29, 1.82) is 0 Å². The van der Waals surface area contributed by atoms with Gasteiger partial charge in [-0.1, -0.05) is 0 Å². The summed E-state index contributed by atoms with van der Waals surface area (Å²) >= 11 is 0. The standard InChI is InChI=1S/C13H14F3N3O2/c14-13(15,16)9-6-18(7-9)10-1-2-11(17-3-10)8-4-19(5-8)12(20)21/h1-3,8-9H,4-7H2,(H,20,21). The Morgan fingerprint density at radius 1 is 1.24 bits per heavy atom. The van der Waals surface area contributed by atoms with E-state index in [4.69, 9.17) is 5.11 Å². The van der Waals surface area contributed by atoms with Gasteiger partial charge in [0.1, 0.15) is 0 Å². The maximum absolute atomic E-state index is 12.4. The molecule has 2 aliphatic rings. The maximum Gasteiger partial charge on any atom is 0.407 e. The van der Waals surface area contributed by atoms with Crippen molar-refractivity contribution >= 4 is 11.8 Å². The third-order valence-electron chi connectivity index (χ3n) is 4.05. The zero-order valence-corrected chi connectivity index (χ0v) is 11.0. The molecular weight excluding hydrogens is 287 g/mol. The third-order valence-corrected chi connectivity index (χ3v) is 4.05. The van der Waals surface area contributed by atoms with Crippen LogP contribution in [0.4, 0.5) is 23.7 Å².